The molecule has 0 radical (unpaired) electrons. The molecule has 1 fully saturated rings. The molecule has 2 heterocycles. The first-order valence-electron chi connectivity index (χ1n) is 8.44. The molecule has 2 amide bonds. The Morgan fingerprint density at radius 3 is 2.36 bits per heavy atom. The summed E-state index contributed by atoms with van der Waals surface area (Å²) < 4.78 is 0. The summed E-state index contributed by atoms with van der Waals surface area (Å²) in [5.41, 5.74) is 7.20. The van der Waals surface area contributed by atoms with Crippen LogP contribution >= 0.6 is 0 Å². The Morgan fingerprint density at radius 1 is 0.960 bits per heavy atom. The molecular weight excluding hydrogens is 316 g/mol. The van der Waals surface area contributed by atoms with Crippen molar-refractivity contribution in [2.75, 3.05) is 26.2 Å². The molecular formula is C19H22N4O2. The molecule has 0 spiro atoms. The first kappa shape index (κ1) is 17.1. The van der Waals surface area contributed by atoms with Crippen molar-refractivity contribution in [2.24, 2.45) is 5.73 Å². The van der Waals surface area contributed by atoms with Crippen molar-refractivity contribution in [3.63, 3.8) is 0 Å². The molecule has 0 unspecified atom stereocenters. The maximum Gasteiger partial charge on any atom is 0.254 e. The van der Waals surface area contributed by atoms with Crippen molar-refractivity contribution in [1.29, 1.82) is 0 Å². The first-order valence-corrected chi connectivity index (χ1v) is 8.44. The van der Waals surface area contributed by atoms with Crippen molar-refractivity contribution in [3.05, 3.63) is 66.0 Å². The Balaban J connectivity index is 1.72. The predicted molar refractivity (Wildman–Crippen MR) is 94.7 cm³/mol. The van der Waals surface area contributed by atoms with Crippen LogP contribution in [0.15, 0.2) is 54.9 Å². The molecule has 25 heavy (non-hydrogen) atoms. The molecule has 6 nitrogen and oxygen atoms in total. The van der Waals surface area contributed by atoms with Gasteiger partial charge in [0.2, 0.25) is 5.91 Å². The maximum absolute atomic E-state index is 12.6. The Labute approximate surface area is 147 Å². The molecule has 1 saturated heterocycles. The van der Waals surface area contributed by atoms with Gasteiger partial charge in [-0.3, -0.25) is 19.5 Å². The molecule has 3 rings (SSSR count). The second kappa shape index (κ2) is 7.90. The van der Waals surface area contributed by atoms with Crippen LogP contribution < -0.4 is 5.73 Å². The number of nitrogens with zero attached hydrogens (tertiary/aromatic N) is 3. The average Bonchev–Trinajstić information content (AvgIpc) is 2.89. The van der Waals surface area contributed by atoms with E-state index in [4.69, 9.17) is 5.73 Å². The third-order valence-corrected chi connectivity index (χ3v) is 4.49. The summed E-state index contributed by atoms with van der Waals surface area (Å²) in [6.45, 7) is 2.57. The highest BCUT2D eigenvalue weighted by Crippen LogP contribution is 2.22. The number of carbonyl (C=O) groups excluding carboxylic acids is 2. The van der Waals surface area contributed by atoms with Gasteiger partial charge in [0, 0.05) is 44.1 Å². The summed E-state index contributed by atoms with van der Waals surface area (Å²) >= 11 is 0. The van der Waals surface area contributed by atoms with Gasteiger partial charge in [-0.25, -0.2) is 0 Å². The number of rotatable bonds is 4. The summed E-state index contributed by atoms with van der Waals surface area (Å²) in [5.74, 6) is -0.361. The first-order chi connectivity index (χ1) is 12.2. The van der Waals surface area contributed by atoms with Crippen LogP contribution in [0.4, 0.5) is 0 Å². The number of benzene rings is 1. The van der Waals surface area contributed by atoms with Crippen LogP contribution in [-0.4, -0.2) is 52.8 Å². The van der Waals surface area contributed by atoms with E-state index in [1.165, 1.54) is 0 Å². The van der Waals surface area contributed by atoms with E-state index in [1.54, 1.807) is 24.5 Å². The van der Waals surface area contributed by atoms with E-state index >= 15 is 0 Å². The highest BCUT2D eigenvalue weighted by Gasteiger charge is 2.28. The third-order valence-electron chi connectivity index (χ3n) is 4.49. The molecule has 0 aliphatic carbocycles. The lowest BCUT2D eigenvalue weighted by Gasteiger charge is -2.28. The minimum atomic E-state index is -0.461. The minimum Gasteiger partial charge on any atom is -0.368 e. The average molecular weight is 338 g/mol. The molecule has 1 aromatic carbocycles. The topological polar surface area (TPSA) is 79.5 Å². The molecule has 1 aliphatic rings. The Hall–Kier alpha value is -2.73. The van der Waals surface area contributed by atoms with E-state index in [0.29, 0.717) is 25.2 Å². The minimum absolute atomic E-state index is 0.000383. The van der Waals surface area contributed by atoms with Crippen LogP contribution in [0.25, 0.3) is 0 Å². The molecule has 0 saturated carbocycles. The lowest BCUT2D eigenvalue weighted by molar-refractivity contribution is -0.123. The van der Waals surface area contributed by atoms with E-state index in [9.17, 15) is 9.59 Å². The highest BCUT2D eigenvalue weighted by atomic mass is 16.2. The molecule has 2 aromatic rings. The fourth-order valence-electron chi connectivity index (χ4n) is 3.27. The van der Waals surface area contributed by atoms with E-state index in [1.807, 2.05) is 35.2 Å². The quantitative estimate of drug-likeness (QED) is 0.915. The maximum atomic E-state index is 12.6. The number of primary amides is 1. The number of pyridine rings is 1. The summed E-state index contributed by atoms with van der Waals surface area (Å²) in [4.78, 5) is 32.5. The van der Waals surface area contributed by atoms with Gasteiger partial charge in [-0.15, -0.1) is 0 Å². The van der Waals surface area contributed by atoms with Gasteiger partial charge >= 0.3 is 0 Å². The number of carbonyl (C=O) groups is 2. The van der Waals surface area contributed by atoms with Crippen molar-refractivity contribution in [3.8, 4) is 0 Å². The van der Waals surface area contributed by atoms with Crippen LogP contribution in [0.2, 0.25) is 0 Å². The number of amides is 2. The van der Waals surface area contributed by atoms with Crippen LogP contribution in [0, 0.1) is 0 Å². The monoisotopic (exact) mass is 338 g/mol. The Morgan fingerprint density at radius 2 is 1.68 bits per heavy atom. The third kappa shape index (κ3) is 4.03. The predicted octanol–water partition coefficient (Wildman–Crippen LogP) is 1.46. The summed E-state index contributed by atoms with van der Waals surface area (Å²) in [5, 5.41) is 0. The zero-order valence-electron chi connectivity index (χ0n) is 14.0. The molecule has 6 heteroatoms. The van der Waals surface area contributed by atoms with Gasteiger partial charge < -0.3 is 10.6 Å². The Bertz CT molecular complexity index is 721. The molecule has 1 aromatic heterocycles. The van der Waals surface area contributed by atoms with Crippen molar-refractivity contribution in [1.82, 2.24) is 14.8 Å². The molecule has 1 atom stereocenters. The Kier molecular flexibility index (Phi) is 5.40. The lowest BCUT2D eigenvalue weighted by atomic mass is 10.0. The summed E-state index contributed by atoms with van der Waals surface area (Å²) in [6, 6.07) is 12.5. The van der Waals surface area contributed by atoms with Crippen molar-refractivity contribution >= 4 is 11.8 Å². The van der Waals surface area contributed by atoms with Gasteiger partial charge in [0.1, 0.15) is 6.04 Å². The molecule has 130 valence electrons. The molecule has 2 N–H and O–H groups in total. The zero-order chi connectivity index (χ0) is 17.6. The number of hydrogen-bond donors (Lipinski definition) is 1. The van der Waals surface area contributed by atoms with E-state index < -0.39 is 6.04 Å². The fourth-order valence-corrected chi connectivity index (χ4v) is 3.27. The SMILES string of the molecule is NC(=O)[C@@H](c1ccccc1)N1CCCN(C(=O)c2ccncc2)CC1. The van der Waals surface area contributed by atoms with Crippen molar-refractivity contribution in [2.45, 2.75) is 12.5 Å². The van der Waals surface area contributed by atoms with Crippen LogP contribution in [0.3, 0.4) is 0 Å². The van der Waals surface area contributed by atoms with Gasteiger partial charge in [0.05, 0.1) is 0 Å². The standard InChI is InChI=1S/C19H22N4O2/c20-18(24)17(15-5-2-1-3-6-15)22-11-4-12-23(14-13-22)19(25)16-7-9-21-10-8-16/h1-3,5-10,17H,4,11-14H2,(H2,20,24)/t17-/m1/s1. The normalized spacial score (nSPS) is 16.9. The van der Waals surface area contributed by atoms with Gasteiger partial charge in [-0.1, -0.05) is 30.3 Å². The van der Waals surface area contributed by atoms with E-state index in [-0.39, 0.29) is 11.8 Å². The molecule has 0 bridgehead atoms. The largest absolute Gasteiger partial charge is 0.368 e. The fraction of sp³-hybridized carbons (Fsp3) is 0.316. The van der Waals surface area contributed by atoms with Crippen molar-refractivity contribution < 1.29 is 9.59 Å². The van der Waals surface area contributed by atoms with Crippen LogP contribution in [-0.2, 0) is 4.79 Å². The van der Waals surface area contributed by atoms with Crippen LogP contribution in [0.5, 0.6) is 0 Å². The number of aromatic nitrogens is 1. The van der Waals surface area contributed by atoms with E-state index in [0.717, 1.165) is 18.5 Å². The summed E-state index contributed by atoms with van der Waals surface area (Å²) in [7, 11) is 0. The number of hydrogen-bond acceptors (Lipinski definition) is 4. The zero-order valence-corrected chi connectivity index (χ0v) is 14.0. The number of nitrogens with two attached hydrogens (primary N) is 1. The smallest absolute Gasteiger partial charge is 0.254 e. The second-order valence-corrected chi connectivity index (χ2v) is 6.13. The summed E-state index contributed by atoms with van der Waals surface area (Å²) in [6.07, 6.45) is 4.04. The van der Waals surface area contributed by atoms with E-state index in [2.05, 4.69) is 9.88 Å². The van der Waals surface area contributed by atoms with Gasteiger partial charge in [-0.2, -0.15) is 0 Å². The van der Waals surface area contributed by atoms with Gasteiger partial charge in [0.15, 0.2) is 0 Å². The second-order valence-electron chi connectivity index (χ2n) is 6.13. The van der Waals surface area contributed by atoms with Gasteiger partial charge in [0.25, 0.3) is 5.91 Å². The van der Waals surface area contributed by atoms with Gasteiger partial charge in [-0.05, 0) is 24.1 Å². The molecule has 1 aliphatic heterocycles. The lowest BCUT2D eigenvalue weighted by Crippen LogP contribution is -2.40. The highest BCUT2D eigenvalue weighted by molar-refractivity contribution is 5.94. The van der Waals surface area contributed by atoms with Crippen LogP contribution in [0.1, 0.15) is 28.4 Å².